The lowest BCUT2D eigenvalue weighted by Gasteiger charge is -2.45. The van der Waals surface area contributed by atoms with Crippen molar-refractivity contribution in [3.8, 4) is 0 Å². The van der Waals surface area contributed by atoms with Gasteiger partial charge in [-0.2, -0.15) is 0 Å². The average molecular weight is 491 g/mol. The maximum atomic E-state index is 13.0. The molecule has 3 saturated heterocycles. The van der Waals surface area contributed by atoms with Gasteiger partial charge in [0.1, 0.15) is 0 Å². The molecule has 5 rings (SSSR count). The van der Waals surface area contributed by atoms with E-state index < -0.39 is 0 Å². The number of rotatable bonds is 6. The third-order valence-corrected chi connectivity index (χ3v) is 9.95. The Labute approximate surface area is 212 Å². The standard InChI is InChI=1S/C27H50N6O2/c1-18-16-21(6-9-23(18)27(34)31-20-10-13-32(2)14-11-20)30-25-26-29-17-24(33(26)15-12-28-25)19-4-7-22(35-3)8-5-19/h18-26,28-30H,4-17H2,1-3H3,(H,31,34). The molecule has 0 bridgehead atoms. The molecule has 5 fully saturated rings. The predicted octanol–water partition coefficient (Wildman–Crippen LogP) is 1.33. The van der Waals surface area contributed by atoms with Gasteiger partial charge in [0.2, 0.25) is 5.91 Å². The third-order valence-electron chi connectivity index (χ3n) is 9.95. The molecule has 4 N–H and O–H groups in total. The second-order valence-electron chi connectivity index (χ2n) is 12.2. The minimum Gasteiger partial charge on any atom is -0.381 e. The Morgan fingerprint density at radius 3 is 2.43 bits per heavy atom. The molecule has 8 nitrogen and oxygen atoms in total. The molecule has 0 aromatic heterocycles. The van der Waals surface area contributed by atoms with Crippen LogP contribution in [0.5, 0.6) is 0 Å². The number of piperazine rings is 1. The highest BCUT2D eigenvalue weighted by molar-refractivity contribution is 5.79. The van der Waals surface area contributed by atoms with E-state index in [9.17, 15) is 4.79 Å². The van der Waals surface area contributed by atoms with E-state index in [0.29, 0.717) is 42.2 Å². The van der Waals surface area contributed by atoms with Gasteiger partial charge in [-0.05, 0) is 89.8 Å². The Kier molecular flexibility index (Phi) is 8.67. The van der Waals surface area contributed by atoms with Gasteiger partial charge >= 0.3 is 0 Å². The Morgan fingerprint density at radius 2 is 1.71 bits per heavy atom. The number of nitrogens with one attached hydrogen (secondary N) is 4. The van der Waals surface area contributed by atoms with E-state index in [1.807, 2.05) is 7.11 Å². The van der Waals surface area contributed by atoms with Crippen LogP contribution in [-0.4, -0.2) is 99.1 Å². The fraction of sp³-hybridized carbons (Fsp3) is 0.963. The molecule has 2 aliphatic carbocycles. The van der Waals surface area contributed by atoms with Crippen molar-refractivity contribution in [1.82, 2.24) is 31.1 Å². The summed E-state index contributed by atoms with van der Waals surface area (Å²) in [6.45, 7) is 7.75. The highest BCUT2D eigenvalue weighted by Gasteiger charge is 2.45. The van der Waals surface area contributed by atoms with Gasteiger partial charge in [0.25, 0.3) is 0 Å². The second kappa shape index (κ2) is 11.7. The summed E-state index contributed by atoms with van der Waals surface area (Å²) >= 11 is 0. The molecule has 200 valence electrons. The smallest absolute Gasteiger partial charge is 0.223 e. The molecule has 5 aliphatic rings. The molecule has 3 aliphatic heterocycles. The monoisotopic (exact) mass is 490 g/mol. The zero-order valence-electron chi connectivity index (χ0n) is 22.3. The van der Waals surface area contributed by atoms with Crippen LogP contribution in [0.3, 0.4) is 0 Å². The van der Waals surface area contributed by atoms with Gasteiger partial charge in [-0.3, -0.25) is 25.6 Å². The van der Waals surface area contributed by atoms with Crippen molar-refractivity contribution in [1.29, 1.82) is 0 Å². The first-order chi connectivity index (χ1) is 17.0. The molecule has 0 radical (unpaired) electrons. The van der Waals surface area contributed by atoms with Crippen LogP contribution in [0.1, 0.15) is 64.7 Å². The molecule has 6 unspecified atom stereocenters. The quantitative estimate of drug-likeness (QED) is 0.447. The number of nitrogens with zero attached hydrogens (tertiary/aromatic N) is 2. The molecule has 0 aromatic carbocycles. The Morgan fingerprint density at radius 1 is 0.943 bits per heavy atom. The molecule has 0 aromatic rings. The number of carbonyl (C=O) groups excluding carboxylic acids is 1. The van der Waals surface area contributed by atoms with Crippen LogP contribution in [0.25, 0.3) is 0 Å². The molecule has 8 heteroatoms. The van der Waals surface area contributed by atoms with Crippen molar-refractivity contribution in [2.24, 2.45) is 17.8 Å². The topological polar surface area (TPSA) is 80.9 Å². The predicted molar refractivity (Wildman–Crippen MR) is 139 cm³/mol. The van der Waals surface area contributed by atoms with E-state index in [-0.39, 0.29) is 12.1 Å². The lowest BCUT2D eigenvalue weighted by Crippen LogP contribution is -2.67. The molecule has 35 heavy (non-hydrogen) atoms. The number of ether oxygens (including phenoxy) is 1. The fourth-order valence-corrected chi connectivity index (χ4v) is 7.71. The summed E-state index contributed by atoms with van der Waals surface area (Å²) in [5.41, 5.74) is 0. The van der Waals surface area contributed by atoms with Gasteiger partial charge < -0.3 is 15.0 Å². The molecular weight excluding hydrogens is 440 g/mol. The van der Waals surface area contributed by atoms with Gasteiger partial charge in [0.15, 0.2) is 0 Å². The fourth-order valence-electron chi connectivity index (χ4n) is 7.71. The highest BCUT2D eigenvalue weighted by atomic mass is 16.5. The maximum Gasteiger partial charge on any atom is 0.223 e. The molecular formula is C27H50N6O2. The van der Waals surface area contributed by atoms with Crippen molar-refractivity contribution in [2.75, 3.05) is 46.9 Å². The summed E-state index contributed by atoms with van der Waals surface area (Å²) in [5.74, 6) is 1.68. The molecule has 2 saturated carbocycles. The Bertz CT molecular complexity index is 693. The number of piperidine rings is 1. The summed E-state index contributed by atoms with van der Waals surface area (Å²) in [5, 5.41) is 15.0. The van der Waals surface area contributed by atoms with Crippen molar-refractivity contribution in [3.05, 3.63) is 0 Å². The van der Waals surface area contributed by atoms with Gasteiger partial charge in [-0.25, -0.2) is 0 Å². The van der Waals surface area contributed by atoms with E-state index in [1.165, 1.54) is 25.7 Å². The second-order valence-corrected chi connectivity index (χ2v) is 12.2. The lowest BCUT2D eigenvalue weighted by atomic mass is 9.77. The summed E-state index contributed by atoms with van der Waals surface area (Å²) in [6, 6.07) is 1.50. The number of methoxy groups -OCH3 is 1. The van der Waals surface area contributed by atoms with E-state index in [2.05, 4.69) is 45.0 Å². The van der Waals surface area contributed by atoms with Gasteiger partial charge in [-0.15, -0.1) is 0 Å². The Hall–Kier alpha value is -0.770. The van der Waals surface area contributed by atoms with Crippen molar-refractivity contribution in [3.63, 3.8) is 0 Å². The summed E-state index contributed by atoms with van der Waals surface area (Å²) in [6.07, 6.45) is 11.5. The number of hydrogen-bond acceptors (Lipinski definition) is 7. The van der Waals surface area contributed by atoms with E-state index in [4.69, 9.17) is 4.74 Å². The lowest BCUT2D eigenvalue weighted by molar-refractivity contribution is -0.128. The summed E-state index contributed by atoms with van der Waals surface area (Å²) in [4.78, 5) is 18.2. The van der Waals surface area contributed by atoms with Crippen LogP contribution in [0.15, 0.2) is 0 Å². The minimum absolute atomic E-state index is 0.166. The number of amides is 1. The van der Waals surface area contributed by atoms with Crippen molar-refractivity contribution in [2.45, 2.75) is 101 Å². The van der Waals surface area contributed by atoms with Crippen LogP contribution < -0.4 is 21.3 Å². The van der Waals surface area contributed by atoms with Crippen molar-refractivity contribution < 1.29 is 9.53 Å². The van der Waals surface area contributed by atoms with Gasteiger partial charge in [0.05, 0.1) is 18.4 Å². The molecule has 1 amide bonds. The summed E-state index contributed by atoms with van der Waals surface area (Å²) < 4.78 is 5.61. The van der Waals surface area contributed by atoms with Crippen LogP contribution in [-0.2, 0) is 9.53 Å². The number of hydrogen-bond donors (Lipinski definition) is 4. The SMILES string of the molecule is COC1CCC(C2CNC3C(NC4CCC(C(=O)NC5CCN(C)CC5)C(C)C4)NCCN23)CC1. The van der Waals surface area contributed by atoms with Crippen LogP contribution in [0.4, 0.5) is 0 Å². The maximum absolute atomic E-state index is 13.0. The van der Waals surface area contributed by atoms with E-state index >= 15 is 0 Å². The largest absolute Gasteiger partial charge is 0.381 e. The highest BCUT2D eigenvalue weighted by Crippen LogP contribution is 2.35. The number of likely N-dealkylation sites (tertiary alicyclic amines) is 1. The van der Waals surface area contributed by atoms with Crippen LogP contribution in [0, 0.1) is 17.8 Å². The zero-order chi connectivity index (χ0) is 24.4. The number of fused-ring (bicyclic) bond motifs is 1. The van der Waals surface area contributed by atoms with E-state index in [1.54, 1.807) is 0 Å². The van der Waals surface area contributed by atoms with Crippen molar-refractivity contribution >= 4 is 5.91 Å². The molecule has 0 spiro atoms. The number of carbonyl (C=O) groups is 1. The normalized spacial score (nSPS) is 42.0. The zero-order valence-corrected chi connectivity index (χ0v) is 22.3. The van der Waals surface area contributed by atoms with Crippen LogP contribution in [0.2, 0.25) is 0 Å². The third kappa shape index (κ3) is 6.04. The van der Waals surface area contributed by atoms with Gasteiger partial charge in [0, 0.05) is 50.8 Å². The first-order valence-electron chi connectivity index (χ1n) is 14.5. The molecule has 3 heterocycles. The first kappa shape index (κ1) is 25.9. The van der Waals surface area contributed by atoms with Crippen LogP contribution >= 0.6 is 0 Å². The average Bonchev–Trinajstić information content (AvgIpc) is 3.31. The first-order valence-corrected chi connectivity index (χ1v) is 14.5. The Balaban J connectivity index is 1.09. The minimum atomic E-state index is 0.166. The van der Waals surface area contributed by atoms with E-state index in [0.717, 1.165) is 70.7 Å². The summed E-state index contributed by atoms with van der Waals surface area (Å²) in [7, 11) is 4.03. The molecule has 6 atom stereocenters. The van der Waals surface area contributed by atoms with Gasteiger partial charge in [-0.1, -0.05) is 6.92 Å².